The van der Waals surface area contributed by atoms with Crippen LogP contribution < -0.4 is 11.1 Å². The number of nitrogens with one attached hydrogen (secondary N) is 1. The molecule has 1 saturated carbocycles. The third-order valence-electron chi connectivity index (χ3n) is 3.74. The minimum atomic E-state index is 0.422. The summed E-state index contributed by atoms with van der Waals surface area (Å²) in [7, 11) is 0. The third-order valence-corrected chi connectivity index (χ3v) is 3.97. The lowest BCUT2D eigenvalue weighted by Crippen LogP contribution is -2.30. The first-order valence-corrected chi connectivity index (χ1v) is 6.89. The number of rotatable bonds is 3. The van der Waals surface area contributed by atoms with Gasteiger partial charge in [-0.1, -0.05) is 26.1 Å². The fourth-order valence-corrected chi connectivity index (χ4v) is 2.54. The van der Waals surface area contributed by atoms with E-state index in [9.17, 15) is 0 Å². The molecule has 1 aliphatic carbocycles. The van der Waals surface area contributed by atoms with Crippen molar-refractivity contribution in [2.24, 2.45) is 11.1 Å². The molecule has 1 aromatic rings. The van der Waals surface area contributed by atoms with Crippen LogP contribution in [0, 0.1) is 5.41 Å². The Morgan fingerprint density at radius 3 is 2.72 bits per heavy atom. The molecule has 0 spiro atoms. The zero-order valence-electron chi connectivity index (χ0n) is 11.1. The number of anilines is 1. The van der Waals surface area contributed by atoms with Gasteiger partial charge in [-0.3, -0.25) is 0 Å². The number of nitrogens with zero attached hydrogens (tertiary/aromatic N) is 1. The first-order valence-electron chi connectivity index (χ1n) is 6.49. The predicted octanol–water partition coefficient (Wildman–Crippen LogP) is 3.10. The van der Waals surface area contributed by atoms with Crippen molar-refractivity contribution >= 4 is 23.0 Å². The van der Waals surface area contributed by atoms with E-state index in [4.69, 9.17) is 18.0 Å². The smallest absolute Gasteiger partial charge is 0.126 e. The molecule has 0 amide bonds. The normalized spacial score (nSPS) is 19.4. The Balaban J connectivity index is 1.98. The van der Waals surface area contributed by atoms with Gasteiger partial charge in [0.15, 0.2) is 0 Å². The average Bonchev–Trinajstić information content (AvgIpc) is 2.32. The van der Waals surface area contributed by atoms with Gasteiger partial charge in [-0.2, -0.15) is 0 Å². The SMILES string of the molecule is CC1(C)CCC(Nc2cc(C(N)=S)ccn2)CC1. The van der Waals surface area contributed by atoms with Crippen LogP contribution in [0.25, 0.3) is 0 Å². The minimum Gasteiger partial charge on any atom is -0.389 e. The summed E-state index contributed by atoms with van der Waals surface area (Å²) >= 11 is 4.98. The molecule has 0 unspecified atom stereocenters. The number of aromatic nitrogens is 1. The fourth-order valence-electron chi connectivity index (χ4n) is 2.42. The van der Waals surface area contributed by atoms with E-state index in [0.717, 1.165) is 11.4 Å². The lowest BCUT2D eigenvalue weighted by Gasteiger charge is -2.34. The van der Waals surface area contributed by atoms with E-state index in [1.54, 1.807) is 6.20 Å². The molecular weight excluding hydrogens is 242 g/mol. The highest BCUT2D eigenvalue weighted by molar-refractivity contribution is 7.80. The van der Waals surface area contributed by atoms with Gasteiger partial charge >= 0.3 is 0 Å². The molecule has 3 N–H and O–H groups in total. The molecular formula is C14H21N3S. The van der Waals surface area contributed by atoms with Gasteiger partial charge in [0.1, 0.15) is 10.8 Å². The zero-order valence-corrected chi connectivity index (χ0v) is 11.9. The molecule has 1 aliphatic rings. The first kappa shape index (κ1) is 13.3. The summed E-state index contributed by atoms with van der Waals surface area (Å²) in [6.07, 6.45) is 6.68. The standard InChI is InChI=1S/C14H21N3S/c1-14(2)6-3-11(4-7-14)17-12-9-10(13(15)18)5-8-16-12/h5,8-9,11H,3-4,6-7H2,1-2H3,(H2,15,18)(H,16,17). The second kappa shape index (κ2) is 5.22. The number of thiocarbonyl (C=S) groups is 1. The maximum Gasteiger partial charge on any atom is 0.126 e. The summed E-state index contributed by atoms with van der Waals surface area (Å²) in [4.78, 5) is 4.75. The molecule has 0 saturated heterocycles. The molecule has 0 aromatic carbocycles. The molecule has 0 bridgehead atoms. The molecule has 0 atom stereocenters. The van der Waals surface area contributed by atoms with Gasteiger partial charge in [0.2, 0.25) is 0 Å². The van der Waals surface area contributed by atoms with Gasteiger partial charge in [0, 0.05) is 17.8 Å². The molecule has 1 fully saturated rings. The first-order chi connectivity index (χ1) is 8.46. The van der Waals surface area contributed by atoms with Crippen LogP contribution in [0.5, 0.6) is 0 Å². The summed E-state index contributed by atoms with van der Waals surface area (Å²) in [6.45, 7) is 4.68. The molecule has 2 rings (SSSR count). The topological polar surface area (TPSA) is 50.9 Å². The van der Waals surface area contributed by atoms with E-state index in [2.05, 4.69) is 24.1 Å². The van der Waals surface area contributed by atoms with Gasteiger partial charge in [-0.15, -0.1) is 0 Å². The predicted molar refractivity (Wildman–Crippen MR) is 79.8 cm³/mol. The van der Waals surface area contributed by atoms with Crippen LogP contribution in [0.1, 0.15) is 45.1 Å². The van der Waals surface area contributed by atoms with Crippen molar-refractivity contribution in [2.45, 2.75) is 45.6 Å². The highest BCUT2D eigenvalue weighted by atomic mass is 32.1. The Morgan fingerprint density at radius 2 is 2.11 bits per heavy atom. The number of hydrogen-bond donors (Lipinski definition) is 2. The van der Waals surface area contributed by atoms with E-state index in [0.29, 0.717) is 16.4 Å². The molecule has 1 aromatic heterocycles. The lowest BCUT2D eigenvalue weighted by molar-refractivity contribution is 0.232. The summed E-state index contributed by atoms with van der Waals surface area (Å²) < 4.78 is 0. The molecule has 0 radical (unpaired) electrons. The fraction of sp³-hybridized carbons (Fsp3) is 0.571. The van der Waals surface area contributed by atoms with Crippen molar-refractivity contribution < 1.29 is 0 Å². The largest absolute Gasteiger partial charge is 0.389 e. The van der Waals surface area contributed by atoms with Crippen molar-refractivity contribution in [3.05, 3.63) is 23.9 Å². The van der Waals surface area contributed by atoms with E-state index in [1.165, 1.54) is 25.7 Å². The number of nitrogens with two attached hydrogens (primary N) is 1. The van der Waals surface area contributed by atoms with Gasteiger partial charge in [-0.25, -0.2) is 4.98 Å². The summed E-state index contributed by atoms with van der Waals surface area (Å²) in [6, 6.07) is 4.30. The minimum absolute atomic E-state index is 0.422. The molecule has 98 valence electrons. The molecule has 0 aliphatic heterocycles. The van der Waals surface area contributed by atoms with Crippen LogP contribution in [0.15, 0.2) is 18.3 Å². The molecule has 4 heteroatoms. The maximum atomic E-state index is 5.63. The molecule has 18 heavy (non-hydrogen) atoms. The van der Waals surface area contributed by atoms with Crippen LogP contribution in [0.2, 0.25) is 0 Å². The highest BCUT2D eigenvalue weighted by Crippen LogP contribution is 2.35. The van der Waals surface area contributed by atoms with E-state index in [1.807, 2.05) is 12.1 Å². The monoisotopic (exact) mass is 263 g/mol. The maximum absolute atomic E-state index is 5.63. The van der Waals surface area contributed by atoms with Crippen molar-refractivity contribution in [3.63, 3.8) is 0 Å². The second-order valence-electron chi connectivity index (χ2n) is 5.88. The van der Waals surface area contributed by atoms with Crippen molar-refractivity contribution in [1.82, 2.24) is 4.98 Å². The van der Waals surface area contributed by atoms with Gasteiger partial charge in [0.25, 0.3) is 0 Å². The van der Waals surface area contributed by atoms with E-state index < -0.39 is 0 Å². The Labute approximate surface area is 114 Å². The van der Waals surface area contributed by atoms with Gasteiger partial charge in [0.05, 0.1) is 0 Å². The Morgan fingerprint density at radius 1 is 1.44 bits per heavy atom. The van der Waals surface area contributed by atoms with Crippen molar-refractivity contribution in [2.75, 3.05) is 5.32 Å². The highest BCUT2D eigenvalue weighted by Gasteiger charge is 2.26. The van der Waals surface area contributed by atoms with Crippen LogP contribution in [-0.4, -0.2) is 16.0 Å². The van der Waals surface area contributed by atoms with Crippen LogP contribution >= 0.6 is 12.2 Å². The van der Waals surface area contributed by atoms with Crippen molar-refractivity contribution in [3.8, 4) is 0 Å². The molecule has 1 heterocycles. The molecule has 3 nitrogen and oxygen atoms in total. The van der Waals surface area contributed by atoms with Crippen LogP contribution in [0.3, 0.4) is 0 Å². The second-order valence-corrected chi connectivity index (χ2v) is 6.32. The quantitative estimate of drug-likeness (QED) is 0.823. The van der Waals surface area contributed by atoms with E-state index in [-0.39, 0.29) is 0 Å². The lowest BCUT2D eigenvalue weighted by atomic mass is 9.75. The third kappa shape index (κ3) is 3.42. The number of pyridine rings is 1. The number of hydrogen-bond acceptors (Lipinski definition) is 3. The van der Waals surface area contributed by atoms with Gasteiger partial charge in [-0.05, 0) is 43.2 Å². The Hall–Kier alpha value is -1.16. The summed E-state index contributed by atoms with van der Waals surface area (Å²) in [5, 5.41) is 3.49. The van der Waals surface area contributed by atoms with Gasteiger partial charge < -0.3 is 11.1 Å². The Kier molecular flexibility index (Phi) is 3.85. The van der Waals surface area contributed by atoms with Crippen molar-refractivity contribution in [1.29, 1.82) is 0 Å². The average molecular weight is 263 g/mol. The van der Waals surface area contributed by atoms with Crippen LogP contribution in [0.4, 0.5) is 5.82 Å². The Bertz CT molecular complexity index is 432. The van der Waals surface area contributed by atoms with Crippen LogP contribution in [-0.2, 0) is 0 Å². The zero-order chi connectivity index (χ0) is 13.2. The summed E-state index contributed by atoms with van der Waals surface area (Å²) in [5.41, 5.74) is 6.99. The summed E-state index contributed by atoms with van der Waals surface area (Å²) in [5.74, 6) is 0.880. The van der Waals surface area contributed by atoms with E-state index >= 15 is 0 Å².